The quantitative estimate of drug-likeness (QED) is 0.435. The molecule has 31 heavy (non-hydrogen) atoms. The smallest absolute Gasteiger partial charge is 0.252 e. The maximum absolute atomic E-state index is 12.2. The fourth-order valence-corrected chi connectivity index (χ4v) is 3.36. The van der Waals surface area contributed by atoms with Crippen LogP contribution in [-0.4, -0.2) is 49.0 Å². The van der Waals surface area contributed by atoms with Gasteiger partial charge in [0.15, 0.2) is 0 Å². The van der Waals surface area contributed by atoms with Crippen LogP contribution in [0.15, 0.2) is 58.7 Å². The maximum atomic E-state index is 12.2. The molecule has 0 bridgehead atoms. The van der Waals surface area contributed by atoms with E-state index in [1.54, 1.807) is 40.2 Å². The predicted molar refractivity (Wildman–Crippen MR) is 124 cm³/mol. The highest BCUT2D eigenvalue weighted by atomic mass is 32.2. The Kier molecular flexibility index (Phi) is 9.57. The Morgan fingerprint density at radius 1 is 0.839 bits per heavy atom. The fourth-order valence-electron chi connectivity index (χ4n) is 2.40. The number of rotatable bonds is 10. The summed E-state index contributed by atoms with van der Waals surface area (Å²) < 4.78 is 10.3. The van der Waals surface area contributed by atoms with Crippen molar-refractivity contribution < 1.29 is 19.1 Å². The monoisotopic (exact) mass is 442 g/mol. The molecule has 2 amide bonds. The molecule has 0 heterocycles. The molecule has 2 N–H and O–H groups in total. The van der Waals surface area contributed by atoms with Crippen molar-refractivity contribution in [2.45, 2.75) is 24.3 Å². The third-order valence-electron chi connectivity index (χ3n) is 4.11. The van der Waals surface area contributed by atoms with E-state index in [9.17, 15) is 9.59 Å². The highest BCUT2D eigenvalue weighted by molar-refractivity contribution is 8.01. The number of hydrazone groups is 2. The number of thioether (sulfide) groups is 1. The molecule has 0 fully saturated rings. The highest BCUT2D eigenvalue weighted by Gasteiger charge is 2.21. The lowest BCUT2D eigenvalue weighted by Gasteiger charge is -2.14. The standard InChI is InChI=1S/C22H26N4O4S/c1-15(21(27)25-23-13-17-7-5-9-19(11-17)29-3)31-16(2)22(28)26-24-14-18-8-6-10-20(12-18)30-4/h5-16H,1-4H3,(H,25,27)(H,26,28)/b23-13-,24-14?. The van der Waals surface area contributed by atoms with E-state index in [4.69, 9.17) is 9.47 Å². The van der Waals surface area contributed by atoms with Crippen LogP contribution >= 0.6 is 11.8 Å². The number of benzene rings is 2. The number of hydrogen-bond acceptors (Lipinski definition) is 7. The van der Waals surface area contributed by atoms with Gasteiger partial charge in [-0.05, 0) is 49.2 Å². The number of carbonyl (C=O) groups is 2. The second-order valence-corrected chi connectivity index (χ2v) is 8.13. The second kappa shape index (κ2) is 12.4. The van der Waals surface area contributed by atoms with Gasteiger partial charge in [0.25, 0.3) is 11.8 Å². The fraction of sp³-hybridized carbons (Fsp3) is 0.273. The van der Waals surface area contributed by atoms with E-state index in [2.05, 4.69) is 21.1 Å². The zero-order valence-electron chi connectivity index (χ0n) is 17.9. The summed E-state index contributed by atoms with van der Waals surface area (Å²) in [6.07, 6.45) is 3.06. The van der Waals surface area contributed by atoms with Gasteiger partial charge in [-0.1, -0.05) is 24.3 Å². The number of hydrogen-bond donors (Lipinski definition) is 2. The third kappa shape index (κ3) is 8.13. The molecule has 0 radical (unpaired) electrons. The molecular formula is C22H26N4O4S. The van der Waals surface area contributed by atoms with E-state index in [-0.39, 0.29) is 11.8 Å². The van der Waals surface area contributed by atoms with Crippen LogP contribution in [0.5, 0.6) is 11.5 Å². The average Bonchev–Trinajstić information content (AvgIpc) is 2.79. The van der Waals surface area contributed by atoms with Crippen molar-refractivity contribution in [3.8, 4) is 11.5 Å². The van der Waals surface area contributed by atoms with Crippen LogP contribution in [0.4, 0.5) is 0 Å². The van der Waals surface area contributed by atoms with Crippen LogP contribution in [-0.2, 0) is 9.59 Å². The molecular weight excluding hydrogens is 416 g/mol. The molecule has 164 valence electrons. The molecule has 9 heteroatoms. The van der Waals surface area contributed by atoms with Gasteiger partial charge in [-0.3, -0.25) is 9.59 Å². The van der Waals surface area contributed by atoms with Gasteiger partial charge in [-0.15, -0.1) is 11.8 Å². The summed E-state index contributed by atoms with van der Waals surface area (Å²) >= 11 is 1.21. The van der Waals surface area contributed by atoms with Crippen molar-refractivity contribution in [2.24, 2.45) is 10.2 Å². The van der Waals surface area contributed by atoms with Crippen molar-refractivity contribution in [3.05, 3.63) is 59.7 Å². The molecule has 0 aliphatic carbocycles. The van der Waals surface area contributed by atoms with Crippen molar-refractivity contribution in [3.63, 3.8) is 0 Å². The summed E-state index contributed by atoms with van der Waals surface area (Å²) in [7, 11) is 3.16. The van der Waals surface area contributed by atoms with Crippen LogP contribution in [0.3, 0.4) is 0 Å². The lowest BCUT2D eigenvalue weighted by atomic mass is 10.2. The largest absolute Gasteiger partial charge is 0.497 e. The minimum atomic E-state index is -0.481. The van der Waals surface area contributed by atoms with E-state index in [0.717, 1.165) is 11.1 Å². The summed E-state index contributed by atoms with van der Waals surface area (Å²) in [5.41, 5.74) is 6.55. The summed E-state index contributed by atoms with van der Waals surface area (Å²) in [6.45, 7) is 3.43. The topological polar surface area (TPSA) is 101 Å². The molecule has 2 aromatic carbocycles. The molecule has 0 saturated carbocycles. The number of methoxy groups -OCH3 is 2. The molecule has 0 saturated heterocycles. The molecule has 0 spiro atoms. The number of nitrogens with zero attached hydrogens (tertiary/aromatic N) is 2. The minimum absolute atomic E-state index is 0.302. The second-order valence-electron chi connectivity index (χ2n) is 6.44. The zero-order chi connectivity index (χ0) is 22.6. The Balaban J connectivity index is 1.79. The maximum Gasteiger partial charge on any atom is 0.252 e. The lowest BCUT2D eigenvalue weighted by Crippen LogP contribution is -2.33. The summed E-state index contributed by atoms with van der Waals surface area (Å²) in [6, 6.07) is 14.6. The van der Waals surface area contributed by atoms with Crippen LogP contribution in [0, 0.1) is 0 Å². The molecule has 0 aliphatic heterocycles. The van der Waals surface area contributed by atoms with Gasteiger partial charge in [-0.2, -0.15) is 10.2 Å². The molecule has 0 aromatic heterocycles. The van der Waals surface area contributed by atoms with Crippen LogP contribution in [0.1, 0.15) is 25.0 Å². The Labute approximate surface area is 186 Å². The first-order chi connectivity index (χ1) is 14.9. The number of nitrogens with one attached hydrogen (secondary N) is 2. The zero-order valence-corrected chi connectivity index (χ0v) is 18.7. The molecule has 2 aromatic rings. The first-order valence-electron chi connectivity index (χ1n) is 9.52. The first kappa shape index (κ1) is 23.9. The summed E-state index contributed by atoms with van der Waals surface area (Å²) in [5.74, 6) is 0.800. The van der Waals surface area contributed by atoms with E-state index in [0.29, 0.717) is 11.5 Å². The van der Waals surface area contributed by atoms with Crippen molar-refractivity contribution in [1.29, 1.82) is 0 Å². The molecule has 2 rings (SSSR count). The van der Waals surface area contributed by atoms with E-state index in [1.807, 2.05) is 36.4 Å². The third-order valence-corrected chi connectivity index (χ3v) is 5.36. The minimum Gasteiger partial charge on any atom is -0.497 e. The van der Waals surface area contributed by atoms with E-state index in [1.165, 1.54) is 24.2 Å². The predicted octanol–water partition coefficient (Wildman–Crippen LogP) is 2.81. The van der Waals surface area contributed by atoms with Gasteiger partial charge in [0.1, 0.15) is 11.5 Å². The highest BCUT2D eigenvalue weighted by Crippen LogP contribution is 2.18. The lowest BCUT2D eigenvalue weighted by molar-refractivity contribution is -0.120. The van der Waals surface area contributed by atoms with Crippen molar-refractivity contribution in [1.82, 2.24) is 10.9 Å². The van der Waals surface area contributed by atoms with Gasteiger partial charge in [0.2, 0.25) is 0 Å². The van der Waals surface area contributed by atoms with Gasteiger partial charge >= 0.3 is 0 Å². The van der Waals surface area contributed by atoms with Crippen LogP contribution < -0.4 is 20.3 Å². The normalized spacial score (nSPS) is 13.0. The number of ether oxygens (including phenoxy) is 2. The number of amides is 2. The van der Waals surface area contributed by atoms with Gasteiger partial charge in [0.05, 0.1) is 37.1 Å². The Morgan fingerprint density at radius 3 is 1.65 bits per heavy atom. The van der Waals surface area contributed by atoms with E-state index < -0.39 is 10.5 Å². The molecule has 8 nitrogen and oxygen atoms in total. The first-order valence-corrected chi connectivity index (χ1v) is 10.5. The Bertz CT molecular complexity index is 873. The van der Waals surface area contributed by atoms with Crippen molar-refractivity contribution in [2.75, 3.05) is 14.2 Å². The molecule has 2 unspecified atom stereocenters. The summed E-state index contributed by atoms with van der Waals surface area (Å²) in [5, 5.41) is 6.96. The van der Waals surface area contributed by atoms with Crippen molar-refractivity contribution >= 4 is 36.0 Å². The summed E-state index contributed by atoms with van der Waals surface area (Å²) in [4.78, 5) is 24.5. The van der Waals surface area contributed by atoms with Gasteiger partial charge < -0.3 is 9.47 Å². The Morgan fingerprint density at radius 2 is 1.26 bits per heavy atom. The average molecular weight is 443 g/mol. The van der Waals surface area contributed by atoms with Crippen LogP contribution in [0.2, 0.25) is 0 Å². The van der Waals surface area contributed by atoms with Gasteiger partial charge in [-0.25, -0.2) is 10.9 Å². The molecule has 2 atom stereocenters. The van der Waals surface area contributed by atoms with Crippen LogP contribution in [0.25, 0.3) is 0 Å². The SMILES string of the molecule is COc1cccc(C=NNC(=O)C(C)SC(C)C(=O)N/N=C\c2cccc(OC)c2)c1. The van der Waals surface area contributed by atoms with E-state index >= 15 is 0 Å². The molecule has 0 aliphatic rings. The van der Waals surface area contributed by atoms with Gasteiger partial charge in [0, 0.05) is 0 Å². The Hall–Kier alpha value is -3.33. The number of carbonyl (C=O) groups excluding carboxylic acids is 2.